The van der Waals surface area contributed by atoms with E-state index in [2.05, 4.69) is 10.6 Å². The van der Waals surface area contributed by atoms with Crippen LogP contribution in [-0.2, 0) is 19.4 Å². The molecule has 7 nitrogen and oxygen atoms in total. The molecule has 0 aliphatic rings. The number of rotatable bonds is 8. The summed E-state index contributed by atoms with van der Waals surface area (Å²) in [7, 11) is -0.0522. The third kappa shape index (κ3) is 5.90. The van der Waals surface area contributed by atoms with Gasteiger partial charge in [-0.1, -0.05) is 48.5 Å². The monoisotopic (exact) mass is 403 g/mol. The fraction of sp³-hybridized carbons (Fsp3) is 0.300. The van der Waals surface area contributed by atoms with E-state index in [9.17, 15) is 18.0 Å². The molecule has 8 heteroatoms. The lowest BCUT2D eigenvalue weighted by molar-refractivity contribution is -0.139. The van der Waals surface area contributed by atoms with Crippen molar-refractivity contribution in [3.05, 3.63) is 66.2 Å². The van der Waals surface area contributed by atoms with Crippen molar-refractivity contribution in [1.82, 2.24) is 15.5 Å². The van der Waals surface area contributed by atoms with Crippen LogP contribution in [-0.4, -0.2) is 58.9 Å². The van der Waals surface area contributed by atoms with Gasteiger partial charge in [-0.3, -0.25) is 9.59 Å². The van der Waals surface area contributed by atoms with Crippen LogP contribution in [0.4, 0.5) is 0 Å². The Morgan fingerprint density at radius 1 is 0.893 bits per heavy atom. The smallest absolute Gasteiger partial charge is 0.309 e. The van der Waals surface area contributed by atoms with Crippen LogP contribution in [0.15, 0.2) is 65.6 Å². The second-order valence-electron chi connectivity index (χ2n) is 6.53. The standard InChI is InChI=1S/C20H25N3O4S/c1-23(2)14-13-21-19(24)20(25)22-15-18(16-9-5-3-6-10-16)28(26,27)17-11-7-4-8-12-17/h3-12,18H,13-15H2,1-2H3,(H,21,24)(H,22,25)/t18-/m0/s1. The normalized spacial score (nSPS) is 12.4. The van der Waals surface area contributed by atoms with Crippen LogP contribution in [0.5, 0.6) is 0 Å². The zero-order valence-corrected chi connectivity index (χ0v) is 16.8. The minimum absolute atomic E-state index is 0.161. The minimum Gasteiger partial charge on any atom is -0.347 e. The van der Waals surface area contributed by atoms with Gasteiger partial charge in [0.1, 0.15) is 5.25 Å². The molecule has 0 spiro atoms. The van der Waals surface area contributed by atoms with Gasteiger partial charge in [-0.2, -0.15) is 0 Å². The summed E-state index contributed by atoms with van der Waals surface area (Å²) in [4.78, 5) is 26.0. The van der Waals surface area contributed by atoms with Crippen LogP contribution in [0.25, 0.3) is 0 Å². The summed E-state index contributed by atoms with van der Waals surface area (Å²) in [5, 5.41) is 3.95. The van der Waals surface area contributed by atoms with Gasteiger partial charge in [0.15, 0.2) is 9.84 Å². The lowest BCUT2D eigenvalue weighted by Gasteiger charge is -2.19. The van der Waals surface area contributed by atoms with Gasteiger partial charge in [-0.15, -0.1) is 0 Å². The highest BCUT2D eigenvalue weighted by Crippen LogP contribution is 2.28. The Balaban J connectivity index is 2.14. The van der Waals surface area contributed by atoms with Crippen molar-refractivity contribution >= 4 is 21.7 Å². The largest absolute Gasteiger partial charge is 0.347 e. The molecule has 2 rings (SSSR count). The first-order valence-corrected chi connectivity index (χ1v) is 10.4. The Bertz CT molecular complexity index is 884. The van der Waals surface area contributed by atoms with E-state index >= 15 is 0 Å². The predicted molar refractivity (Wildman–Crippen MR) is 107 cm³/mol. The van der Waals surface area contributed by atoms with E-state index in [1.807, 2.05) is 19.0 Å². The van der Waals surface area contributed by atoms with E-state index in [4.69, 9.17) is 0 Å². The molecular formula is C20H25N3O4S. The van der Waals surface area contributed by atoms with E-state index in [1.54, 1.807) is 48.5 Å². The maximum atomic E-state index is 13.1. The number of benzene rings is 2. The van der Waals surface area contributed by atoms with Crippen molar-refractivity contribution in [1.29, 1.82) is 0 Å². The van der Waals surface area contributed by atoms with Gasteiger partial charge in [-0.25, -0.2) is 8.42 Å². The zero-order valence-electron chi connectivity index (χ0n) is 16.0. The molecule has 2 amide bonds. The lowest BCUT2D eigenvalue weighted by Crippen LogP contribution is -2.43. The summed E-state index contributed by atoms with van der Waals surface area (Å²) in [5.74, 6) is -1.64. The SMILES string of the molecule is CN(C)CCNC(=O)C(=O)NC[C@@H](c1ccccc1)S(=O)(=O)c1ccccc1. The van der Waals surface area contributed by atoms with Crippen molar-refractivity contribution in [2.75, 3.05) is 33.7 Å². The van der Waals surface area contributed by atoms with Crippen molar-refractivity contribution in [3.63, 3.8) is 0 Å². The predicted octanol–water partition coefficient (Wildman–Crippen LogP) is 0.996. The molecule has 1 atom stereocenters. The third-order valence-electron chi connectivity index (χ3n) is 4.12. The Morgan fingerprint density at radius 2 is 1.43 bits per heavy atom. The van der Waals surface area contributed by atoms with Crippen LogP contribution >= 0.6 is 0 Å². The van der Waals surface area contributed by atoms with E-state index in [0.29, 0.717) is 18.7 Å². The molecule has 0 aromatic heterocycles. The van der Waals surface area contributed by atoms with Crippen molar-refractivity contribution in [2.24, 2.45) is 0 Å². The number of likely N-dealkylation sites (N-methyl/N-ethyl adjacent to an activating group) is 1. The second kappa shape index (κ2) is 10.0. The number of carbonyl (C=O) groups is 2. The molecule has 150 valence electrons. The number of carbonyl (C=O) groups excluding carboxylic acids is 2. The first-order valence-electron chi connectivity index (χ1n) is 8.87. The molecule has 0 radical (unpaired) electrons. The molecule has 2 aromatic carbocycles. The Morgan fingerprint density at radius 3 is 2.00 bits per heavy atom. The maximum Gasteiger partial charge on any atom is 0.309 e. The molecule has 2 N–H and O–H groups in total. The highest BCUT2D eigenvalue weighted by Gasteiger charge is 2.30. The fourth-order valence-electron chi connectivity index (χ4n) is 2.59. The van der Waals surface area contributed by atoms with Gasteiger partial charge in [0, 0.05) is 19.6 Å². The fourth-order valence-corrected chi connectivity index (χ4v) is 4.27. The van der Waals surface area contributed by atoms with Gasteiger partial charge in [-0.05, 0) is 31.8 Å². The van der Waals surface area contributed by atoms with Crippen LogP contribution < -0.4 is 10.6 Å². The summed E-state index contributed by atoms with van der Waals surface area (Å²) in [6.07, 6.45) is 0. The molecule has 0 saturated heterocycles. The zero-order chi connectivity index (χ0) is 20.6. The van der Waals surface area contributed by atoms with Gasteiger partial charge in [0.2, 0.25) is 0 Å². The summed E-state index contributed by atoms with van der Waals surface area (Å²) >= 11 is 0. The second-order valence-corrected chi connectivity index (χ2v) is 8.66. The molecule has 0 saturated carbocycles. The first kappa shape index (κ1) is 21.6. The summed E-state index contributed by atoms with van der Waals surface area (Å²) in [6.45, 7) is 0.707. The van der Waals surface area contributed by atoms with Gasteiger partial charge in [0.25, 0.3) is 0 Å². The lowest BCUT2D eigenvalue weighted by atomic mass is 10.1. The summed E-state index contributed by atoms with van der Waals surface area (Å²) < 4.78 is 26.2. The number of nitrogens with one attached hydrogen (secondary N) is 2. The van der Waals surface area contributed by atoms with Crippen LogP contribution in [0.2, 0.25) is 0 Å². The van der Waals surface area contributed by atoms with Gasteiger partial charge >= 0.3 is 11.8 Å². The van der Waals surface area contributed by atoms with Crippen LogP contribution in [0, 0.1) is 0 Å². The molecule has 0 unspecified atom stereocenters. The molecule has 28 heavy (non-hydrogen) atoms. The third-order valence-corrected chi connectivity index (χ3v) is 6.23. The quantitative estimate of drug-likeness (QED) is 0.641. The van der Waals surface area contributed by atoms with E-state index in [-0.39, 0.29) is 11.4 Å². The van der Waals surface area contributed by atoms with Crippen LogP contribution in [0.3, 0.4) is 0 Å². The first-order chi connectivity index (χ1) is 13.3. The Kier molecular flexibility index (Phi) is 7.71. The van der Waals surface area contributed by atoms with E-state index in [0.717, 1.165) is 0 Å². The summed E-state index contributed by atoms with van der Waals surface area (Å²) in [6, 6.07) is 16.7. The molecule has 2 aromatic rings. The molecule has 0 bridgehead atoms. The average Bonchev–Trinajstić information content (AvgIpc) is 2.69. The Hall–Kier alpha value is -2.71. The minimum atomic E-state index is -3.76. The average molecular weight is 404 g/mol. The molecule has 0 aliphatic carbocycles. The van der Waals surface area contributed by atoms with Crippen molar-refractivity contribution in [3.8, 4) is 0 Å². The van der Waals surface area contributed by atoms with E-state index in [1.165, 1.54) is 12.1 Å². The topological polar surface area (TPSA) is 95.6 Å². The molecule has 0 heterocycles. The highest BCUT2D eigenvalue weighted by atomic mass is 32.2. The Labute approximate surface area is 165 Å². The van der Waals surface area contributed by atoms with Gasteiger partial charge in [0.05, 0.1) is 4.90 Å². The molecule has 0 aliphatic heterocycles. The number of amides is 2. The van der Waals surface area contributed by atoms with Crippen molar-refractivity contribution < 1.29 is 18.0 Å². The van der Waals surface area contributed by atoms with Crippen molar-refractivity contribution in [2.45, 2.75) is 10.1 Å². The highest BCUT2D eigenvalue weighted by molar-refractivity contribution is 7.91. The number of sulfone groups is 1. The number of hydrogen-bond acceptors (Lipinski definition) is 5. The summed E-state index contributed by atoms with van der Waals surface area (Å²) in [5.41, 5.74) is 0.541. The van der Waals surface area contributed by atoms with Gasteiger partial charge < -0.3 is 15.5 Å². The molecule has 0 fully saturated rings. The van der Waals surface area contributed by atoms with Crippen LogP contribution in [0.1, 0.15) is 10.8 Å². The number of hydrogen-bond donors (Lipinski definition) is 2. The maximum absolute atomic E-state index is 13.1. The van der Waals surface area contributed by atoms with E-state index < -0.39 is 26.9 Å². The molecular weight excluding hydrogens is 378 g/mol. The number of nitrogens with zero attached hydrogens (tertiary/aromatic N) is 1.